The number of rotatable bonds is 14. The highest BCUT2D eigenvalue weighted by molar-refractivity contribution is 7.98. The van der Waals surface area contributed by atoms with Crippen LogP contribution in [0.1, 0.15) is 48.7 Å². The van der Waals surface area contributed by atoms with E-state index in [0.717, 1.165) is 27.1 Å². The summed E-state index contributed by atoms with van der Waals surface area (Å²) in [7, 11) is -4.21. The molecule has 3 aromatic rings. The first kappa shape index (κ1) is 34.6. The fourth-order valence-electron chi connectivity index (χ4n) is 6.35. The number of nitrogens with one attached hydrogen (secondary N) is 2. The predicted molar refractivity (Wildman–Crippen MR) is 183 cm³/mol. The Morgan fingerprint density at radius 2 is 2.00 bits per heavy atom. The number of amides is 1. The number of likely N-dealkylation sites (tertiary alicyclic amines) is 1. The van der Waals surface area contributed by atoms with Crippen LogP contribution >= 0.6 is 23.1 Å². The molecule has 250 valence electrons. The van der Waals surface area contributed by atoms with Gasteiger partial charge in [-0.1, -0.05) is 18.2 Å². The number of thioether (sulfide) groups is 1. The molecule has 5 rings (SSSR count). The lowest BCUT2D eigenvalue weighted by molar-refractivity contribution is -0.143. The molecular formula is C33H43FN4O5S3. The van der Waals surface area contributed by atoms with Crippen molar-refractivity contribution >= 4 is 60.9 Å². The molecule has 13 heteroatoms. The number of fused-ring (bicyclic) bond motifs is 2. The van der Waals surface area contributed by atoms with Crippen molar-refractivity contribution in [3.05, 3.63) is 52.5 Å². The van der Waals surface area contributed by atoms with Crippen LogP contribution in [0.5, 0.6) is 0 Å². The smallest absolute Gasteiger partial charge is 0.306 e. The summed E-state index contributed by atoms with van der Waals surface area (Å²) in [5.74, 6) is 0.846. The zero-order valence-corrected chi connectivity index (χ0v) is 28.9. The third-order valence-corrected chi connectivity index (χ3v) is 12.1. The highest BCUT2D eigenvalue weighted by atomic mass is 32.2. The summed E-state index contributed by atoms with van der Waals surface area (Å²) in [6.07, 6.45) is 5.20. The molecule has 1 saturated heterocycles. The number of aryl methyl sites for hydroxylation is 1. The van der Waals surface area contributed by atoms with Crippen LogP contribution in [-0.4, -0.2) is 81.1 Å². The molecule has 2 aliphatic heterocycles. The van der Waals surface area contributed by atoms with Crippen molar-refractivity contribution in [3.63, 3.8) is 0 Å². The average Bonchev–Trinajstić information content (AvgIpc) is 3.46. The van der Waals surface area contributed by atoms with Crippen LogP contribution in [0.3, 0.4) is 0 Å². The molecule has 2 atom stereocenters. The number of ether oxygens (including phenoxy) is 1. The van der Waals surface area contributed by atoms with Gasteiger partial charge in [0.15, 0.2) is 0 Å². The van der Waals surface area contributed by atoms with Crippen molar-refractivity contribution in [2.45, 2.75) is 62.8 Å². The van der Waals surface area contributed by atoms with Crippen molar-refractivity contribution in [1.82, 2.24) is 14.6 Å². The first-order valence-corrected chi connectivity index (χ1v) is 19.7. The lowest BCUT2D eigenvalue weighted by atomic mass is 9.93. The summed E-state index contributed by atoms with van der Waals surface area (Å²) in [5, 5.41) is 4.04. The quantitative estimate of drug-likeness (QED) is 0.221. The average molecular weight is 691 g/mol. The van der Waals surface area contributed by atoms with Gasteiger partial charge in [-0.3, -0.25) is 14.0 Å². The number of aromatic nitrogens is 1. The first-order chi connectivity index (χ1) is 22.2. The van der Waals surface area contributed by atoms with Gasteiger partial charge >= 0.3 is 5.97 Å². The molecule has 0 bridgehead atoms. The van der Waals surface area contributed by atoms with Crippen molar-refractivity contribution < 1.29 is 27.1 Å². The molecular weight excluding hydrogens is 648 g/mol. The first-order valence-electron chi connectivity index (χ1n) is 16.0. The number of thiazole rings is 1. The normalized spacial score (nSPS) is 17.8. The lowest BCUT2D eigenvalue weighted by Gasteiger charge is -2.34. The van der Waals surface area contributed by atoms with Gasteiger partial charge in [0.1, 0.15) is 10.9 Å². The molecule has 2 unspecified atom stereocenters. The van der Waals surface area contributed by atoms with E-state index in [0.29, 0.717) is 68.4 Å². The molecule has 1 fully saturated rings. The number of sulfonamides is 1. The van der Waals surface area contributed by atoms with Crippen molar-refractivity contribution in [1.29, 1.82) is 0 Å². The third kappa shape index (κ3) is 8.59. The van der Waals surface area contributed by atoms with Crippen LogP contribution in [0, 0.1) is 11.8 Å². The maximum Gasteiger partial charge on any atom is 0.306 e. The van der Waals surface area contributed by atoms with E-state index in [1.165, 1.54) is 11.3 Å². The number of alkyl halides is 1. The fraction of sp³-hybridized carbons (Fsp3) is 0.545. The molecule has 9 nitrogen and oxygen atoms in total. The molecule has 0 saturated carbocycles. The number of carbonyl (C=O) groups excluding carboxylic acids is 2. The minimum atomic E-state index is -4.21. The van der Waals surface area contributed by atoms with Crippen LogP contribution in [0.4, 0.5) is 10.1 Å². The molecule has 0 radical (unpaired) electrons. The van der Waals surface area contributed by atoms with E-state index in [-0.39, 0.29) is 48.8 Å². The van der Waals surface area contributed by atoms with Gasteiger partial charge in [0, 0.05) is 32.5 Å². The third-order valence-electron chi connectivity index (χ3n) is 8.69. The van der Waals surface area contributed by atoms with Gasteiger partial charge < -0.3 is 15.0 Å². The second-order valence-corrected chi connectivity index (χ2v) is 15.7. The van der Waals surface area contributed by atoms with Gasteiger partial charge in [0.25, 0.3) is 0 Å². The van der Waals surface area contributed by atoms with Crippen molar-refractivity contribution in [3.8, 4) is 0 Å². The molecule has 1 amide bonds. The predicted octanol–water partition coefficient (Wildman–Crippen LogP) is 5.23. The number of para-hydroxylation sites is 1. The summed E-state index contributed by atoms with van der Waals surface area (Å²) in [5.41, 5.74) is 2.96. The monoisotopic (exact) mass is 690 g/mol. The zero-order chi connectivity index (χ0) is 32.7. The Hall–Kier alpha value is -2.74. The minimum absolute atomic E-state index is 0.0789. The second-order valence-electron chi connectivity index (χ2n) is 12.0. The van der Waals surface area contributed by atoms with E-state index >= 15 is 0 Å². The number of hydrogen-bond acceptors (Lipinski definition) is 9. The highest BCUT2D eigenvalue weighted by Gasteiger charge is 2.35. The lowest BCUT2D eigenvalue weighted by Crippen LogP contribution is -2.51. The number of anilines is 1. The summed E-state index contributed by atoms with van der Waals surface area (Å²) < 4.78 is 50.5. The number of carbonyl (C=O) groups is 2. The van der Waals surface area contributed by atoms with Gasteiger partial charge in [-0.2, -0.15) is 16.5 Å². The molecule has 2 aliphatic rings. The molecule has 2 aromatic carbocycles. The largest absolute Gasteiger partial charge is 0.466 e. The van der Waals surface area contributed by atoms with E-state index in [9.17, 15) is 22.4 Å². The Bertz CT molecular complexity index is 1590. The van der Waals surface area contributed by atoms with Crippen molar-refractivity contribution in [2.24, 2.45) is 11.8 Å². The van der Waals surface area contributed by atoms with Gasteiger partial charge in [-0.15, -0.1) is 11.3 Å². The van der Waals surface area contributed by atoms with E-state index in [1.807, 2.05) is 30.3 Å². The van der Waals surface area contributed by atoms with Crippen LogP contribution in [-0.2, 0) is 43.6 Å². The van der Waals surface area contributed by atoms with Crippen LogP contribution in [0.25, 0.3) is 10.2 Å². The maximum absolute atomic E-state index is 14.3. The van der Waals surface area contributed by atoms with Gasteiger partial charge in [-0.25, -0.2) is 13.4 Å². The minimum Gasteiger partial charge on any atom is -0.466 e. The Morgan fingerprint density at radius 1 is 1.22 bits per heavy atom. The van der Waals surface area contributed by atoms with Crippen molar-refractivity contribution in [2.75, 3.05) is 50.2 Å². The molecule has 0 aliphatic carbocycles. The molecule has 46 heavy (non-hydrogen) atoms. The van der Waals surface area contributed by atoms with E-state index in [2.05, 4.69) is 16.3 Å². The summed E-state index contributed by atoms with van der Waals surface area (Å²) >= 11 is 3.19. The number of hydrogen-bond donors (Lipinski definition) is 2. The summed E-state index contributed by atoms with van der Waals surface area (Å²) in [6.45, 7) is 3.21. The number of nitrogens with zero attached hydrogens (tertiary/aromatic N) is 2. The standard InChI is InChI=1S/C33H43FN4O5S3/c1-3-43-31(39)9-8-23-16-25-17-24(21-44-2)20-35-32(25)29(18-23)46(41,42)37-27(19-30-36-26-6-4-5-7-28(26)45-30)33(40)38-14-11-22(10-13-34)12-15-38/h4-7,16,18,22,24,27,35,37H,3,8-15,17,19-21H2,1-2H3. The van der Waals surface area contributed by atoms with E-state index in [4.69, 9.17) is 9.72 Å². The maximum atomic E-state index is 14.3. The number of piperidine rings is 1. The zero-order valence-electron chi connectivity index (χ0n) is 26.4. The topological polar surface area (TPSA) is 118 Å². The highest BCUT2D eigenvalue weighted by Crippen LogP contribution is 2.35. The second kappa shape index (κ2) is 15.9. The molecule has 1 aromatic heterocycles. The van der Waals surface area contributed by atoms with Crippen LogP contribution < -0.4 is 10.0 Å². The molecule has 2 N–H and O–H groups in total. The SMILES string of the molecule is CCOC(=O)CCc1cc2c(c(S(=O)(=O)NC(Cc3nc4ccccc4s3)C(=O)N3CCC(CCF)CC3)c1)NCC(CSC)C2. The van der Waals surface area contributed by atoms with E-state index in [1.54, 1.807) is 29.7 Å². The Morgan fingerprint density at radius 3 is 2.72 bits per heavy atom. The van der Waals surface area contributed by atoms with Crippen LogP contribution in [0.15, 0.2) is 41.3 Å². The summed E-state index contributed by atoms with van der Waals surface area (Å²) in [4.78, 5) is 32.7. The Labute approximate surface area is 279 Å². The number of halogens is 1. The Balaban J connectivity index is 1.46. The summed E-state index contributed by atoms with van der Waals surface area (Å²) in [6, 6.07) is 10.2. The van der Waals surface area contributed by atoms with E-state index < -0.39 is 16.1 Å². The van der Waals surface area contributed by atoms with Gasteiger partial charge in [0.05, 0.1) is 34.2 Å². The molecule has 3 heterocycles. The number of benzene rings is 2. The van der Waals surface area contributed by atoms with Gasteiger partial charge in [-0.05, 0) is 92.2 Å². The van der Waals surface area contributed by atoms with Crippen LogP contribution in [0.2, 0.25) is 0 Å². The molecule has 0 spiro atoms. The number of esters is 1. The van der Waals surface area contributed by atoms with Gasteiger partial charge in [0.2, 0.25) is 15.9 Å². The Kier molecular flexibility index (Phi) is 12.0. The fourth-order valence-corrected chi connectivity index (χ4v) is 9.53.